The number of terminal acetylenes is 1. The molecule has 142 valence electrons. The van der Waals surface area contributed by atoms with E-state index < -0.39 is 5.60 Å². The van der Waals surface area contributed by atoms with Gasteiger partial charge in [0.05, 0.1) is 0 Å². The van der Waals surface area contributed by atoms with E-state index in [1.807, 2.05) is 20.8 Å². The van der Waals surface area contributed by atoms with E-state index >= 15 is 0 Å². The Morgan fingerprint density at radius 2 is 1.69 bits per heavy atom. The molecule has 4 nitrogen and oxygen atoms in total. The molecule has 1 aliphatic rings. The Hall–Kier alpha value is -1.80. The molecule has 0 radical (unpaired) electrons. The van der Waals surface area contributed by atoms with E-state index in [0.717, 1.165) is 29.8 Å². The first kappa shape index (κ1) is 20.5. The van der Waals surface area contributed by atoms with Gasteiger partial charge in [0.2, 0.25) is 0 Å². The minimum absolute atomic E-state index is 0.241. The number of nitrogens with zero attached hydrogens (tertiary/aromatic N) is 2. The summed E-state index contributed by atoms with van der Waals surface area (Å²) >= 11 is 4.51. The van der Waals surface area contributed by atoms with Gasteiger partial charge in [-0.3, -0.25) is 0 Å². The molecule has 1 saturated heterocycles. The highest BCUT2D eigenvalue weighted by molar-refractivity contribution is 7.79. The highest BCUT2D eigenvalue weighted by Crippen LogP contribution is 2.35. The Bertz CT molecular complexity index is 736. The number of piperazine rings is 1. The van der Waals surface area contributed by atoms with Crippen molar-refractivity contribution in [3.63, 3.8) is 0 Å². The van der Waals surface area contributed by atoms with Crippen molar-refractivity contribution in [2.75, 3.05) is 31.1 Å². The van der Waals surface area contributed by atoms with Crippen LogP contribution in [-0.4, -0.2) is 42.8 Å². The van der Waals surface area contributed by atoms with Crippen LogP contribution in [0.25, 0.3) is 0 Å². The summed E-state index contributed by atoms with van der Waals surface area (Å²) in [5, 5.41) is 0. The highest BCUT2D eigenvalue weighted by atomic mass is 32.1. The largest absolute Gasteiger partial charge is 0.444 e. The number of hydrogen-bond donors (Lipinski definition) is 1. The van der Waals surface area contributed by atoms with Gasteiger partial charge in [0.25, 0.3) is 0 Å². The smallest absolute Gasteiger partial charge is 0.410 e. The van der Waals surface area contributed by atoms with Crippen molar-refractivity contribution in [1.82, 2.24) is 4.90 Å². The maximum absolute atomic E-state index is 12.3. The first-order chi connectivity index (χ1) is 12.1. The number of rotatable bonds is 2. The molecule has 0 saturated carbocycles. The average molecular weight is 375 g/mol. The standard InChI is InChI=1S/C21H30N2O2S/c1-8-17-14(2)18(13-26)16(4)19(15(17)3)22-9-11-23(12-10-22)20(24)25-21(5,6)7/h1,26H,9-13H2,2-7H3. The van der Waals surface area contributed by atoms with Crippen LogP contribution < -0.4 is 4.90 Å². The predicted octanol–water partition coefficient (Wildman–Crippen LogP) is 4.08. The summed E-state index contributed by atoms with van der Waals surface area (Å²) in [7, 11) is 0. The number of thiol groups is 1. The molecule has 0 spiro atoms. The van der Waals surface area contributed by atoms with E-state index in [-0.39, 0.29) is 6.09 Å². The molecule has 0 unspecified atom stereocenters. The van der Waals surface area contributed by atoms with Crippen molar-refractivity contribution in [1.29, 1.82) is 0 Å². The van der Waals surface area contributed by atoms with Crippen LogP contribution in [0.2, 0.25) is 0 Å². The summed E-state index contributed by atoms with van der Waals surface area (Å²) in [4.78, 5) is 16.4. The average Bonchev–Trinajstić information content (AvgIpc) is 2.54. The molecule has 5 heteroatoms. The second-order valence-corrected chi connectivity index (χ2v) is 8.15. The van der Waals surface area contributed by atoms with Crippen molar-refractivity contribution < 1.29 is 9.53 Å². The quantitative estimate of drug-likeness (QED) is 0.625. The topological polar surface area (TPSA) is 32.8 Å². The summed E-state index contributed by atoms with van der Waals surface area (Å²) in [6.45, 7) is 14.8. The highest BCUT2D eigenvalue weighted by Gasteiger charge is 2.28. The zero-order chi connectivity index (χ0) is 19.6. The molecule has 1 heterocycles. The number of amides is 1. The van der Waals surface area contributed by atoms with Crippen LogP contribution >= 0.6 is 12.6 Å². The summed E-state index contributed by atoms with van der Waals surface area (Å²) in [5.41, 5.74) is 6.41. The molecule has 0 bridgehead atoms. The van der Waals surface area contributed by atoms with E-state index in [1.165, 1.54) is 16.8 Å². The molecule has 1 fully saturated rings. The Labute approximate surface area is 163 Å². The van der Waals surface area contributed by atoms with Crippen LogP contribution in [0, 0.1) is 33.1 Å². The normalized spacial score (nSPS) is 15.0. The third-order valence-corrected chi connectivity index (χ3v) is 5.23. The SMILES string of the molecule is C#Cc1c(C)c(CS)c(C)c(N2CCN(C(=O)OC(C)(C)C)CC2)c1C. The molecule has 0 atom stereocenters. The zero-order valence-electron chi connectivity index (χ0n) is 16.8. The van der Waals surface area contributed by atoms with E-state index in [2.05, 4.69) is 44.2 Å². The molecule has 1 aromatic carbocycles. The van der Waals surface area contributed by atoms with Crippen LogP contribution in [0.4, 0.5) is 10.5 Å². The Kier molecular flexibility index (Phi) is 6.18. The molecular formula is C21H30N2O2S. The molecule has 1 amide bonds. The van der Waals surface area contributed by atoms with Gasteiger partial charge < -0.3 is 14.5 Å². The first-order valence-corrected chi connectivity index (χ1v) is 9.67. The van der Waals surface area contributed by atoms with Gasteiger partial charge in [-0.2, -0.15) is 12.6 Å². The lowest BCUT2D eigenvalue weighted by Crippen LogP contribution is -2.50. The van der Waals surface area contributed by atoms with E-state index in [9.17, 15) is 4.79 Å². The fourth-order valence-corrected chi connectivity index (χ4v) is 4.10. The van der Waals surface area contributed by atoms with Gasteiger partial charge in [0, 0.05) is 43.2 Å². The number of ether oxygens (including phenoxy) is 1. The van der Waals surface area contributed by atoms with E-state index in [4.69, 9.17) is 11.2 Å². The summed E-state index contributed by atoms with van der Waals surface area (Å²) < 4.78 is 5.49. The van der Waals surface area contributed by atoms with Crippen LogP contribution in [-0.2, 0) is 10.5 Å². The summed E-state index contributed by atoms with van der Waals surface area (Å²) in [6, 6.07) is 0. The van der Waals surface area contributed by atoms with Gasteiger partial charge in [0.15, 0.2) is 0 Å². The number of hydrogen-bond acceptors (Lipinski definition) is 4. The molecule has 0 aliphatic carbocycles. The Balaban J connectivity index is 2.25. The minimum atomic E-state index is -0.471. The van der Waals surface area contributed by atoms with Crippen LogP contribution in [0.3, 0.4) is 0 Å². The van der Waals surface area contributed by atoms with E-state index in [0.29, 0.717) is 18.8 Å². The van der Waals surface area contributed by atoms with Crippen molar-refractivity contribution >= 4 is 24.4 Å². The number of carbonyl (C=O) groups excluding carboxylic acids is 1. The lowest BCUT2D eigenvalue weighted by molar-refractivity contribution is 0.0240. The van der Waals surface area contributed by atoms with Crippen molar-refractivity contribution in [3.8, 4) is 12.3 Å². The summed E-state index contributed by atoms with van der Waals surface area (Å²) in [5.74, 6) is 3.52. The van der Waals surface area contributed by atoms with Crippen molar-refractivity contribution in [2.45, 2.75) is 52.9 Å². The fourth-order valence-electron chi connectivity index (χ4n) is 3.62. The molecule has 1 aromatic rings. The van der Waals surface area contributed by atoms with Gasteiger partial charge in [-0.25, -0.2) is 4.79 Å². The minimum Gasteiger partial charge on any atom is -0.444 e. The van der Waals surface area contributed by atoms with Crippen molar-refractivity contribution in [2.24, 2.45) is 0 Å². The summed E-state index contributed by atoms with van der Waals surface area (Å²) in [6.07, 6.45) is 5.54. The van der Waals surface area contributed by atoms with Gasteiger partial charge in [-0.05, 0) is 63.8 Å². The lowest BCUT2D eigenvalue weighted by atomic mass is 9.91. The third-order valence-electron chi connectivity index (χ3n) is 4.92. The van der Waals surface area contributed by atoms with Gasteiger partial charge in [-0.1, -0.05) is 5.92 Å². The fraction of sp³-hybridized carbons (Fsp3) is 0.571. The van der Waals surface area contributed by atoms with Crippen LogP contribution in [0.5, 0.6) is 0 Å². The molecule has 26 heavy (non-hydrogen) atoms. The molecule has 2 rings (SSSR count). The molecule has 0 aromatic heterocycles. The third kappa shape index (κ3) is 4.12. The van der Waals surface area contributed by atoms with Crippen LogP contribution in [0.1, 0.15) is 48.6 Å². The van der Waals surface area contributed by atoms with Crippen LogP contribution in [0.15, 0.2) is 0 Å². The van der Waals surface area contributed by atoms with E-state index in [1.54, 1.807) is 4.90 Å². The second kappa shape index (κ2) is 7.84. The lowest BCUT2D eigenvalue weighted by Gasteiger charge is -2.38. The van der Waals surface area contributed by atoms with Crippen molar-refractivity contribution in [3.05, 3.63) is 27.8 Å². The van der Waals surface area contributed by atoms with Gasteiger partial charge in [0.1, 0.15) is 5.60 Å². The number of benzene rings is 1. The monoisotopic (exact) mass is 374 g/mol. The zero-order valence-corrected chi connectivity index (χ0v) is 17.7. The maximum atomic E-state index is 12.3. The molecular weight excluding hydrogens is 344 g/mol. The Morgan fingerprint density at radius 3 is 2.15 bits per heavy atom. The molecule has 1 aliphatic heterocycles. The molecule has 0 N–H and O–H groups in total. The van der Waals surface area contributed by atoms with Gasteiger partial charge >= 0.3 is 6.09 Å². The van der Waals surface area contributed by atoms with Gasteiger partial charge in [-0.15, -0.1) is 6.42 Å². The number of anilines is 1. The maximum Gasteiger partial charge on any atom is 0.410 e. The Morgan fingerprint density at radius 1 is 1.12 bits per heavy atom. The first-order valence-electron chi connectivity index (χ1n) is 9.03. The second-order valence-electron chi connectivity index (χ2n) is 7.83. The predicted molar refractivity (Wildman–Crippen MR) is 111 cm³/mol. The number of carbonyl (C=O) groups is 1.